The van der Waals surface area contributed by atoms with Gasteiger partial charge in [0.2, 0.25) is 0 Å². The quantitative estimate of drug-likeness (QED) is 0.0311. The van der Waals surface area contributed by atoms with Crippen LogP contribution in [-0.2, 0) is 27.9 Å². The molecular weight excluding hydrogens is 565 g/mol. The van der Waals surface area contributed by atoms with Crippen molar-refractivity contribution >= 4 is 13.8 Å². The zero-order valence-corrected chi connectivity index (χ0v) is 28.8. The first-order valence-electron chi connectivity index (χ1n) is 17.7. The van der Waals surface area contributed by atoms with Gasteiger partial charge in [-0.15, -0.1) is 0 Å². The van der Waals surface area contributed by atoms with E-state index in [0.717, 1.165) is 32.1 Å². The minimum atomic E-state index is -4.26. The van der Waals surface area contributed by atoms with Gasteiger partial charge in [0.1, 0.15) is 6.10 Å². The van der Waals surface area contributed by atoms with Gasteiger partial charge in [-0.25, -0.2) is 4.57 Å². The van der Waals surface area contributed by atoms with Gasteiger partial charge < -0.3 is 20.1 Å². The summed E-state index contributed by atoms with van der Waals surface area (Å²) in [5, 5.41) is 0. The van der Waals surface area contributed by atoms with Gasteiger partial charge in [0.15, 0.2) is 0 Å². The highest BCUT2D eigenvalue weighted by Crippen LogP contribution is 2.43. The van der Waals surface area contributed by atoms with Crippen LogP contribution in [0.4, 0.5) is 0 Å². The second-order valence-electron chi connectivity index (χ2n) is 11.7. The van der Waals surface area contributed by atoms with Crippen LogP contribution in [0.5, 0.6) is 0 Å². The Balaban J connectivity index is 4.10. The first-order chi connectivity index (χ1) is 20.9. The Bertz CT molecular complexity index is 677. The minimum absolute atomic E-state index is 0.0940. The molecule has 2 unspecified atom stereocenters. The SMILES string of the molecule is CCCCCC/C=C\CCCCCCCCOCC(COP(=O)(O)OCCN)OC(=O)CCCCCCCCCCCC. The summed E-state index contributed by atoms with van der Waals surface area (Å²) in [7, 11) is -4.26. The molecule has 0 amide bonds. The Labute approximate surface area is 264 Å². The summed E-state index contributed by atoms with van der Waals surface area (Å²) in [5.41, 5.74) is 5.34. The standard InChI is InChI=1S/C34H68NO7P/c1-3-5-7-9-11-13-15-16-17-18-20-22-24-26-29-39-31-33(32-41-43(37,38)40-30-28-35)42-34(36)27-25-23-21-19-14-12-10-8-6-4-2/h13,15,33H,3-12,14,16-32,35H2,1-2H3,(H,37,38)/b15-13-. The van der Waals surface area contributed by atoms with Crippen molar-refractivity contribution in [1.29, 1.82) is 0 Å². The lowest BCUT2D eigenvalue weighted by atomic mass is 10.1. The lowest BCUT2D eigenvalue weighted by molar-refractivity contribution is -0.154. The molecule has 0 saturated heterocycles. The molecule has 9 heteroatoms. The Kier molecular flexibility index (Phi) is 32.1. The lowest BCUT2D eigenvalue weighted by Crippen LogP contribution is -2.28. The third kappa shape index (κ3) is 32.4. The summed E-state index contributed by atoms with van der Waals surface area (Å²) >= 11 is 0. The maximum absolute atomic E-state index is 12.4. The van der Waals surface area contributed by atoms with E-state index in [2.05, 4.69) is 26.0 Å². The molecule has 0 rings (SSSR count). The number of ether oxygens (including phenoxy) is 2. The molecule has 0 aromatic heterocycles. The molecular formula is C34H68NO7P. The summed E-state index contributed by atoms with van der Waals surface area (Å²) in [6, 6.07) is 0. The molecule has 0 aliphatic carbocycles. The Morgan fingerprint density at radius 1 is 0.674 bits per heavy atom. The monoisotopic (exact) mass is 633 g/mol. The van der Waals surface area contributed by atoms with E-state index in [4.69, 9.17) is 24.3 Å². The predicted molar refractivity (Wildman–Crippen MR) is 178 cm³/mol. The average Bonchev–Trinajstić information content (AvgIpc) is 2.99. The second kappa shape index (κ2) is 32.6. The molecule has 0 fully saturated rings. The van der Waals surface area contributed by atoms with E-state index in [1.807, 2.05) is 0 Å². The van der Waals surface area contributed by atoms with E-state index in [0.29, 0.717) is 13.0 Å². The molecule has 0 aromatic carbocycles. The number of allylic oxidation sites excluding steroid dienone is 2. The topological polar surface area (TPSA) is 117 Å². The van der Waals surface area contributed by atoms with E-state index in [1.54, 1.807) is 0 Å². The maximum atomic E-state index is 12.4. The molecule has 0 aliphatic heterocycles. The van der Waals surface area contributed by atoms with Crippen LogP contribution in [0.1, 0.15) is 162 Å². The third-order valence-corrected chi connectivity index (χ3v) is 8.42. The maximum Gasteiger partial charge on any atom is 0.472 e. The molecule has 2 atom stereocenters. The zero-order chi connectivity index (χ0) is 31.7. The van der Waals surface area contributed by atoms with Crippen LogP contribution in [0.2, 0.25) is 0 Å². The van der Waals surface area contributed by atoms with Crippen LogP contribution in [0, 0.1) is 0 Å². The molecule has 8 nitrogen and oxygen atoms in total. The predicted octanol–water partition coefficient (Wildman–Crippen LogP) is 9.58. The van der Waals surface area contributed by atoms with Crippen molar-refractivity contribution < 1.29 is 32.8 Å². The van der Waals surface area contributed by atoms with Gasteiger partial charge in [-0.2, -0.15) is 0 Å². The smallest absolute Gasteiger partial charge is 0.457 e. The lowest BCUT2D eigenvalue weighted by Gasteiger charge is -2.20. The number of nitrogens with two attached hydrogens (primary N) is 1. The zero-order valence-electron chi connectivity index (χ0n) is 28.0. The van der Waals surface area contributed by atoms with Crippen molar-refractivity contribution in [3.8, 4) is 0 Å². The second-order valence-corrected chi connectivity index (χ2v) is 13.2. The van der Waals surface area contributed by atoms with Crippen molar-refractivity contribution in [2.75, 3.05) is 33.0 Å². The van der Waals surface area contributed by atoms with Crippen LogP contribution < -0.4 is 5.73 Å². The number of unbranched alkanes of at least 4 members (excludes halogenated alkanes) is 19. The summed E-state index contributed by atoms with van der Waals surface area (Å²) in [5.74, 6) is -0.334. The number of rotatable bonds is 34. The fourth-order valence-corrected chi connectivity index (χ4v) is 5.58. The molecule has 43 heavy (non-hydrogen) atoms. The first kappa shape index (κ1) is 42.2. The number of carbonyl (C=O) groups excluding carboxylic acids is 1. The van der Waals surface area contributed by atoms with Crippen LogP contribution in [0.15, 0.2) is 12.2 Å². The van der Waals surface area contributed by atoms with E-state index < -0.39 is 13.9 Å². The van der Waals surface area contributed by atoms with Gasteiger partial charge >= 0.3 is 13.8 Å². The number of phosphoric ester groups is 1. The molecule has 0 spiro atoms. The van der Waals surface area contributed by atoms with E-state index >= 15 is 0 Å². The molecule has 3 N–H and O–H groups in total. The van der Waals surface area contributed by atoms with Crippen LogP contribution in [-0.4, -0.2) is 49.9 Å². The summed E-state index contributed by atoms with van der Waals surface area (Å²) in [4.78, 5) is 22.3. The molecule has 0 radical (unpaired) electrons. The number of esters is 1. The van der Waals surface area contributed by atoms with Crippen molar-refractivity contribution in [3.05, 3.63) is 12.2 Å². The highest BCUT2D eigenvalue weighted by Gasteiger charge is 2.25. The Morgan fingerprint density at radius 3 is 1.72 bits per heavy atom. The number of phosphoric acid groups is 1. The molecule has 256 valence electrons. The highest BCUT2D eigenvalue weighted by atomic mass is 31.2. The van der Waals surface area contributed by atoms with Crippen LogP contribution in [0.25, 0.3) is 0 Å². The number of carbonyl (C=O) groups is 1. The summed E-state index contributed by atoms with van der Waals surface area (Å²) in [6.45, 7) is 4.88. The van der Waals surface area contributed by atoms with Crippen molar-refractivity contribution in [3.63, 3.8) is 0 Å². The van der Waals surface area contributed by atoms with E-state index in [1.165, 1.54) is 109 Å². The van der Waals surface area contributed by atoms with Crippen molar-refractivity contribution in [1.82, 2.24) is 0 Å². The number of hydrogen-bond acceptors (Lipinski definition) is 7. The fraction of sp³-hybridized carbons (Fsp3) is 0.912. The average molecular weight is 634 g/mol. The molecule has 0 aromatic rings. The summed E-state index contributed by atoms with van der Waals surface area (Å²) in [6.07, 6.45) is 30.8. The van der Waals surface area contributed by atoms with Crippen LogP contribution >= 0.6 is 7.82 Å². The highest BCUT2D eigenvalue weighted by molar-refractivity contribution is 7.47. The van der Waals surface area contributed by atoms with Gasteiger partial charge in [0.05, 0.1) is 19.8 Å². The Hall–Kier alpha value is -0.760. The van der Waals surface area contributed by atoms with Crippen molar-refractivity contribution in [2.24, 2.45) is 5.73 Å². The molecule has 0 heterocycles. The van der Waals surface area contributed by atoms with Gasteiger partial charge in [-0.05, 0) is 38.5 Å². The molecule has 0 bridgehead atoms. The number of hydrogen-bond donors (Lipinski definition) is 2. The third-order valence-electron chi connectivity index (χ3n) is 7.43. The van der Waals surface area contributed by atoms with Gasteiger partial charge in [0.25, 0.3) is 0 Å². The first-order valence-corrected chi connectivity index (χ1v) is 19.2. The van der Waals surface area contributed by atoms with Crippen molar-refractivity contribution in [2.45, 2.75) is 168 Å². The normalized spacial score (nSPS) is 13.9. The van der Waals surface area contributed by atoms with E-state index in [-0.39, 0.29) is 32.3 Å². The molecule has 0 aliphatic rings. The van der Waals surface area contributed by atoms with E-state index in [9.17, 15) is 14.3 Å². The molecule has 0 saturated carbocycles. The minimum Gasteiger partial charge on any atom is -0.457 e. The summed E-state index contributed by atoms with van der Waals surface area (Å²) < 4.78 is 33.2. The Morgan fingerprint density at radius 2 is 1.16 bits per heavy atom. The van der Waals surface area contributed by atoms with Crippen LogP contribution in [0.3, 0.4) is 0 Å². The van der Waals surface area contributed by atoms with Gasteiger partial charge in [-0.1, -0.05) is 129 Å². The van der Waals surface area contributed by atoms with Gasteiger partial charge in [-0.3, -0.25) is 13.8 Å². The largest absolute Gasteiger partial charge is 0.472 e. The van der Waals surface area contributed by atoms with Gasteiger partial charge in [0, 0.05) is 19.6 Å². The fourth-order valence-electron chi connectivity index (χ4n) is 4.81.